The number of hydrogen-bond acceptors (Lipinski definition) is 6. The van der Waals surface area contributed by atoms with Crippen molar-refractivity contribution < 1.29 is 18.4 Å². The number of carbonyl (C=O) groups excluding carboxylic acids is 2. The maximum Gasteiger partial charge on any atom is 0.271 e. The molecule has 0 saturated heterocycles. The molecule has 7 nitrogen and oxygen atoms in total. The molecule has 0 N–H and O–H groups in total. The van der Waals surface area contributed by atoms with Crippen molar-refractivity contribution in [3.63, 3.8) is 0 Å². The maximum atomic E-state index is 12.8. The number of aromatic nitrogens is 1. The van der Waals surface area contributed by atoms with Crippen LogP contribution in [0.25, 0.3) is 28.8 Å². The lowest BCUT2D eigenvalue weighted by molar-refractivity contribution is -0.140. The molecular formula is C24H21N3O4. The second-order valence-electron chi connectivity index (χ2n) is 7.64. The fraction of sp³-hybridized carbons (Fsp3) is 0.250. The average Bonchev–Trinajstić information content (AvgIpc) is 3.23. The van der Waals surface area contributed by atoms with Crippen LogP contribution in [0.3, 0.4) is 0 Å². The van der Waals surface area contributed by atoms with E-state index in [9.17, 15) is 14.9 Å². The molecular weight excluding hydrogens is 394 g/mol. The van der Waals surface area contributed by atoms with Gasteiger partial charge >= 0.3 is 0 Å². The molecule has 0 spiro atoms. The van der Waals surface area contributed by atoms with Crippen molar-refractivity contribution in [1.82, 2.24) is 9.88 Å². The number of rotatable bonds is 3. The molecule has 2 amide bonds. The van der Waals surface area contributed by atoms with E-state index in [2.05, 4.69) is 17.1 Å². The number of likely N-dealkylation sites (N-methyl/N-ethyl adjacent to an activating group) is 1. The fourth-order valence-electron chi connectivity index (χ4n) is 4.01. The van der Waals surface area contributed by atoms with Crippen molar-refractivity contribution in [2.24, 2.45) is 0 Å². The van der Waals surface area contributed by atoms with Gasteiger partial charge in [0.05, 0.1) is 0 Å². The van der Waals surface area contributed by atoms with Crippen molar-refractivity contribution in [2.45, 2.75) is 34.6 Å². The van der Waals surface area contributed by atoms with Crippen LogP contribution in [0.1, 0.15) is 36.3 Å². The summed E-state index contributed by atoms with van der Waals surface area (Å²) in [6.45, 7) is 9.50. The Balaban J connectivity index is 1.77. The van der Waals surface area contributed by atoms with Gasteiger partial charge in [0, 0.05) is 23.7 Å². The van der Waals surface area contributed by atoms with E-state index in [-0.39, 0.29) is 17.7 Å². The molecule has 156 valence electrons. The van der Waals surface area contributed by atoms with E-state index in [0.717, 1.165) is 21.6 Å². The Labute approximate surface area is 179 Å². The van der Waals surface area contributed by atoms with Gasteiger partial charge in [-0.2, -0.15) is 10.2 Å². The molecule has 3 heterocycles. The zero-order chi connectivity index (χ0) is 22.4. The topological polar surface area (TPSA) is 100 Å². The lowest BCUT2D eigenvalue weighted by Crippen LogP contribution is -2.42. The van der Waals surface area contributed by atoms with Crippen LogP contribution >= 0.6 is 0 Å². The molecule has 1 aliphatic rings. The lowest BCUT2D eigenvalue weighted by Gasteiger charge is -2.25. The second kappa shape index (κ2) is 7.40. The van der Waals surface area contributed by atoms with Gasteiger partial charge < -0.3 is 8.83 Å². The van der Waals surface area contributed by atoms with Crippen molar-refractivity contribution in [2.75, 3.05) is 6.54 Å². The fourth-order valence-corrected chi connectivity index (χ4v) is 4.01. The molecule has 0 radical (unpaired) electrons. The standard InChI is InChI=1S/C24H21N3O4/c1-6-27-23(28)17(15(5)18(11-25)24(27)29)9-16-10-19-21(30-16)26-22(31-19)20-13(3)7-12(2)8-14(20)4/h7-10H,6H2,1-5H3/b17-9-. The molecule has 3 aromatic rings. The highest BCUT2D eigenvalue weighted by Crippen LogP contribution is 2.33. The summed E-state index contributed by atoms with van der Waals surface area (Å²) in [7, 11) is 0. The summed E-state index contributed by atoms with van der Waals surface area (Å²) in [4.78, 5) is 30.6. The number of nitriles is 1. The minimum absolute atomic E-state index is 0.0475. The Morgan fingerprint density at radius 1 is 1.06 bits per heavy atom. The van der Waals surface area contributed by atoms with Gasteiger partial charge in [-0.15, -0.1) is 0 Å². The molecule has 0 fully saturated rings. The van der Waals surface area contributed by atoms with Crippen molar-refractivity contribution >= 4 is 29.2 Å². The van der Waals surface area contributed by atoms with E-state index < -0.39 is 11.8 Å². The first-order valence-electron chi connectivity index (χ1n) is 9.93. The first kappa shape index (κ1) is 20.4. The van der Waals surface area contributed by atoms with E-state index in [0.29, 0.717) is 28.5 Å². The summed E-state index contributed by atoms with van der Waals surface area (Å²) in [5.41, 5.74) is 5.50. The van der Waals surface area contributed by atoms with Crippen LogP contribution in [-0.2, 0) is 9.59 Å². The predicted octanol–water partition coefficient (Wildman–Crippen LogP) is 4.63. The van der Waals surface area contributed by atoms with Gasteiger partial charge in [0.15, 0.2) is 5.58 Å². The average molecular weight is 415 g/mol. The number of amides is 2. The third-order valence-electron chi connectivity index (χ3n) is 5.43. The van der Waals surface area contributed by atoms with E-state index in [1.807, 2.05) is 26.8 Å². The first-order valence-corrected chi connectivity index (χ1v) is 9.93. The van der Waals surface area contributed by atoms with E-state index in [1.165, 1.54) is 11.6 Å². The normalized spacial score (nSPS) is 16.0. The maximum absolute atomic E-state index is 12.8. The van der Waals surface area contributed by atoms with Crippen molar-refractivity contribution in [1.29, 1.82) is 5.26 Å². The first-order chi connectivity index (χ1) is 14.7. The van der Waals surface area contributed by atoms with Gasteiger partial charge in [-0.25, -0.2) is 0 Å². The van der Waals surface area contributed by atoms with Crippen LogP contribution in [0.15, 0.2) is 43.8 Å². The van der Waals surface area contributed by atoms with Crippen molar-refractivity contribution in [3.05, 3.63) is 57.4 Å². The molecule has 31 heavy (non-hydrogen) atoms. The highest BCUT2D eigenvalue weighted by Gasteiger charge is 2.34. The smallest absolute Gasteiger partial charge is 0.271 e. The summed E-state index contributed by atoms with van der Waals surface area (Å²) in [6.07, 6.45) is 1.52. The van der Waals surface area contributed by atoms with Gasteiger partial charge in [0.25, 0.3) is 17.5 Å². The zero-order valence-electron chi connectivity index (χ0n) is 18.0. The van der Waals surface area contributed by atoms with E-state index >= 15 is 0 Å². The Hall–Kier alpha value is -3.92. The molecule has 4 rings (SSSR count). The Morgan fingerprint density at radius 3 is 2.32 bits per heavy atom. The highest BCUT2D eigenvalue weighted by atomic mass is 16.4. The van der Waals surface area contributed by atoms with Gasteiger partial charge in [-0.3, -0.25) is 14.5 Å². The van der Waals surface area contributed by atoms with Crippen molar-refractivity contribution in [3.8, 4) is 17.5 Å². The summed E-state index contributed by atoms with van der Waals surface area (Å²) in [6, 6.07) is 7.69. The van der Waals surface area contributed by atoms with Gasteiger partial charge in [0.2, 0.25) is 5.89 Å². The number of carbonyl (C=O) groups is 2. The molecule has 1 aromatic carbocycles. The number of oxazole rings is 1. The minimum Gasteiger partial charge on any atom is -0.436 e. The quantitative estimate of drug-likeness (QED) is 0.457. The lowest BCUT2D eigenvalue weighted by atomic mass is 9.95. The van der Waals surface area contributed by atoms with E-state index in [4.69, 9.17) is 8.83 Å². The highest BCUT2D eigenvalue weighted by molar-refractivity contribution is 6.19. The number of fused-ring (bicyclic) bond motifs is 1. The number of imide groups is 1. The predicted molar refractivity (Wildman–Crippen MR) is 115 cm³/mol. The van der Waals surface area contributed by atoms with Crippen LogP contribution in [0.2, 0.25) is 0 Å². The molecule has 1 aliphatic heterocycles. The SMILES string of the molecule is CCN1C(=O)C(C#N)=C(C)/C(=C/c2cc3oc(-c4c(C)cc(C)cc4C)nc3o2)C1=O. The molecule has 0 saturated carbocycles. The van der Waals surface area contributed by atoms with Crippen LogP contribution in [0.4, 0.5) is 0 Å². The van der Waals surface area contributed by atoms with Crippen LogP contribution in [0, 0.1) is 32.1 Å². The molecule has 0 unspecified atom stereocenters. The number of nitrogens with zero attached hydrogens (tertiary/aromatic N) is 3. The van der Waals surface area contributed by atoms with Gasteiger partial charge in [0.1, 0.15) is 17.4 Å². The Morgan fingerprint density at radius 2 is 1.74 bits per heavy atom. The molecule has 7 heteroatoms. The summed E-state index contributed by atoms with van der Waals surface area (Å²) in [5.74, 6) is -0.206. The third-order valence-corrected chi connectivity index (χ3v) is 5.43. The summed E-state index contributed by atoms with van der Waals surface area (Å²) >= 11 is 0. The van der Waals surface area contributed by atoms with Crippen LogP contribution in [0.5, 0.6) is 0 Å². The number of furan rings is 1. The van der Waals surface area contributed by atoms with Crippen LogP contribution < -0.4 is 0 Å². The Bertz CT molecular complexity index is 1310. The molecule has 0 atom stereocenters. The van der Waals surface area contributed by atoms with Gasteiger partial charge in [-0.1, -0.05) is 17.7 Å². The number of aryl methyl sites for hydroxylation is 3. The second-order valence-corrected chi connectivity index (χ2v) is 7.64. The third kappa shape index (κ3) is 3.26. The largest absolute Gasteiger partial charge is 0.436 e. The molecule has 0 aliphatic carbocycles. The monoisotopic (exact) mass is 415 g/mol. The van der Waals surface area contributed by atoms with Gasteiger partial charge in [-0.05, 0) is 57.4 Å². The molecule has 2 aromatic heterocycles. The Kier molecular flexibility index (Phi) is 4.86. The minimum atomic E-state index is -0.576. The summed E-state index contributed by atoms with van der Waals surface area (Å²) in [5, 5.41) is 9.35. The number of benzene rings is 1. The van der Waals surface area contributed by atoms with E-state index in [1.54, 1.807) is 19.9 Å². The molecule has 0 bridgehead atoms. The summed E-state index contributed by atoms with van der Waals surface area (Å²) < 4.78 is 11.7. The zero-order valence-corrected chi connectivity index (χ0v) is 18.0. The van der Waals surface area contributed by atoms with Crippen LogP contribution in [-0.4, -0.2) is 28.2 Å². The number of hydrogen-bond donors (Lipinski definition) is 0.